The molecule has 1 aliphatic carbocycles. The highest BCUT2D eigenvalue weighted by Crippen LogP contribution is 2.35. The van der Waals surface area contributed by atoms with Gasteiger partial charge in [-0.25, -0.2) is 22.2 Å². The minimum absolute atomic E-state index is 0.0252. The molecule has 3 N–H and O–H groups in total. The van der Waals surface area contributed by atoms with Gasteiger partial charge in [0.25, 0.3) is 5.91 Å². The molecule has 1 fully saturated rings. The number of halogens is 1. The Labute approximate surface area is 168 Å². The Bertz CT molecular complexity index is 1060. The highest BCUT2D eigenvalue weighted by Gasteiger charge is 2.36. The van der Waals surface area contributed by atoms with Crippen LogP contribution in [-0.4, -0.2) is 39.9 Å². The Morgan fingerprint density at radius 2 is 2.14 bits per heavy atom. The fourth-order valence-electron chi connectivity index (χ4n) is 3.21. The number of hydrogen-bond acceptors (Lipinski definition) is 6. The molecule has 0 aromatic heterocycles. The second-order valence-corrected chi connectivity index (χ2v) is 9.48. The monoisotopic (exact) mass is 447 g/mol. The van der Waals surface area contributed by atoms with E-state index in [9.17, 15) is 26.7 Å². The number of thiol groups is 1. The number of rotatable bonds is 5. The number of allylic oxidation sites excluding steroid dienone is 2. The normalized spacial score (nSPS) is 26.4. The summed E-state index contributed by atoms with van der Waals surface area (Å²) in [6, 6.07) is 4.38. The third-order valence-electron chi connectivity index (χ3n) is 4.64. The van der Waals surface area contributed by atoms with E-state index in [-0.39, 0.29) is 17.4 Å². The summed E-state index contributed by atoms with van der Waals surface area (Å²) in [7, 11) is -6.89. The van der Waals surface area contributed by atoms with Gasteiger partial charge in [0.05, 0.1) is 11.2 Å². The molecule has 1 aromatic rings. The number of nitrogens with one attached hydrogen (secondary N) is 2. The van der Waals surface area contributed by atoms with Crippen molar-refractivity contribution >= 4 is 44.3 Å². The molecule has 9 nitrogen and oxygen atoms in total. The molecule has 1 aliphatic heterocycles. The van der Waals surface area contributed by atoms with Gasteiger partial charge in [-0.2, -0.15) is 8.42 Å². The van der Waals surface area contributed by atoms with Crippen molar-refractivity contribution < 1.29 is 26.7 Å². The predicted octanol–water partition coefficient (Wildman–Crippen LogP) is 0.299. The lowest BCUT2D eigenvalue weighted by molar-refractivity contribution is -0.117. The Morgan fingerprint density at radius 3 is 2.71 bits per heavy atom. The van der Waals surface area contributed by atoms with Crippen molar-refractivity contribution in [3.05, 3.63) is 47.0 Å². The Hall–Kier alpha value is -2.08. The van der Waals surface area contributed by atoms with Crippen LogP contribution in [0.15, 0.2) is 41.5 Å². The predicted molar refractivity (Wildman–Crippen MR) is 105 cm³/mol. The van der Waals surface area contributed by atoms with Crippen LogP contribution in [0.4, 0.5) is 5.69 Å². The maximum absolute atomic E-state index is 11.9. The molecule has 152 valence electrons. The van der Waals surface area contributed by atoms with Gasteiger partial charge in [-0.1, -0.05) is 29.8 Å². The van der Waals surface area contributed by atoms with Crippen molar-refractivity contribution in [2.75, 3.05) is 10.8 Å². The molecule has 2 aliphatic rings. The first-order chi connectivity index (χ1) is 13.0. The van der Waals surface area contributed by atoms with Crippen LogP contribution in [-0.2, 0) is 32.3 Å². The first kappa shape index (κ1) is 20.6. The van der Waals surface area contributed by atoms with Crippen molar-refractivity contribution in [2.24, 2.45) is 5.92 Å². The molecule has 1 amide bonds. The van der Waals surface area contributed by atoms with Gasteiger partial charge in [0, 0.05) is 11.0 Å². The second-order valence-electron chi connectivity index (χ2n) is 6.71. The standard InChI is InChI=1S/C16H18ClN3O6S2/c1-16(19-27(23)24)5-4-12(17)8-11(16)6-10-2-3-13(14(21)7-10)20-9-15(22)18-28(20,25)26/h2-5,7-8,11,21,27H,6,9H2,1H3,(H,18,22)(H,19,23,24). The molecule has 1 aromatic carbocycles. The molecular formula is C16H18ClN3O6S2. The SMILES string of the molecule is CC1(N[SH](=O)=O)C=CC(Cl)=CC1Cc1ccc(N2CC(=O)NS2(=O)=O)c(O)c1. The molecule has 0 radical (unpaired) electrons. The minimum atomic E-state index is -4.03. The smallest absolute Gasteiger partial charge is 0.326 e. The maximum Gasteiger partial charge on any atom is 0.326 e. The molecule has 1 heterocycles. The van der Waals surface area contributed by atoms with Crippen molar-refractivity contribution in [1.82, 2.24) is 9.44 Å². The average molecular weight is 448 g/mol. The third kappa shape index (κ3) is 4.17. The van der Waals surface area contributed by atoms with Gasteiger partial charge in [-0.05, 0) is 37.1 Å². The molecule has 0 saturated carbocycles. The Balaban J connectivity index is 1.88. The summed E-state index contributed by atoms with van der Waals surface area (Å²) < 4.78 is 51.4. The molecule has 12 heteroatoms. The van der Waals surface area contributed by atoms with Gasteiger partial charge in [0.1, 0.15) is 12.3 Å². The van der Waals surface area contributed by atoms with E-state index in [0.29, 0.717) is 17.0 Å². The maximum atomic E-state index is 11.9. The number of nitrogens with zero attached hydrogens (tertiary/aromatic N) is 1. The van der Waals surface area contributed by atoms with Gasteiger partial charge in [-0.15, -0.1) is 0 Å². The fourth-order valence-corrected chi connectivity index (χ4v) is 5.22. The number of phenols is 1. The molecular weight excluding hydrogens is 430 g/mol. The van der Waals surface area contributed by atoms with E-state index in [2.05, 4.69) is 4.72 Å². The number of aromatic hydroxyl groups is 1. The van der Waals surface area contributed by atoms with Crippen LogP contribution in [0.2, 0.25) is 0 Å². The summed E-state index contributed by atoms with van der Waals surface area (Å²) in [6.07, 6.45) is 5.30. The summed E-state index contributed by atoms with van der Waals surface area (Å²) in [5.74, 6) is -1.35. The van der Waals surface area contributed by atoms with Crippen molar-refractivity contribution in [1.29, 1.82) is 0 Å². The number of hydrogen-bond donors (Lipinski definition) is 4. The molecule has 1 saturated heterocycles. The zero-order chi connectivity index (χ0) is 20.7. The van der Waals surface area contributed by atoms with E-state index < -0.39 is 39.1 Å². The number of amides is 1. The van der Waals surface area contributed by atoms with Crippen LogP contribution in [0.3, 0.4) is 0 Å². The lowest BCUT2D eigenvalue weighted by atomic mass is 9.79. The van der Waals surface area contributed by atoms with Gasteiger partial charge in [-0.3, -0.25) is 4.79 Å². The Kier molecular flexibility index (Phi) is 5.45. The number of phenolic OH excluding ortho intramolecular Hbond substituents is 1. The molecule has 28 heavy (non-hydrogen) atoms. The van der Waals surface area contributed by atoms with Gasteiger partial charge in [0.15, 0.2) is 0 Å². The van der Waals surface area contributed by atoms with Crippen LogP contribution in [0.1, 0.15) is 12.5 Å². The minimum Gasteiger partial charge on any atom is -0.506 e. The highest BCUT2D eigenvalue weighted by atomic mass is 35.5. The molecule has 2 unspecified atom stereocenters. The summed E-state index contributed by atoms with van der Waals surface area (Å²) in [4.78, 5) is 11.4. The summed E-state index contributed by atoms with van der Waals surface area (Å²) in [5.41, 5.74) is -0.300. The number of carbonyl (C=O) groups is 1. The molecule has 2 atom stereocenters. The lowest BCUT2D eigenvalue weighted by Gasteiger charge is -2.35. The lowest BCUT2D eigenvalue weighted by Crippen LogP contribution is -2.47. The molecule has 0 spiro atoms. The van der Waals surface area contributed by atoms with Crippen molar-refractivity contribution in [2.45, 2.75) is 18.9 Å². The number of benzene rings is 1. The number of anilines is 1. The van der Waals surface area contributed by atoms with Crippen LogP contribution in [0.5, 0.6) is 5.75 Å². The fraction of sp³-hybridized carbons (Fsp3) is 0.312. The van der Waals surface area contributed by atoms with Gasteiger partial charge in [0.2, 0.25) is 10.9 Å². The second kappa shape index (κ2) is 7.39. The van der Waals surface area contributed by atoms with Crippen LogP contribution in [0, 0.1) is 5.92 Å². The summed E-state index contributed by atoms with van der Waals surface area (Å²) in [6.45, 7) is 1.29. The third-order valence-corrected chi connectivity index (χ3v) is 6.94. The van der Waals surface area contributed by atoms with Crippen LogP contribution in [0.25, 0.3) is 0 Å². The van der Waals surface area contributed by atoms with E-state index >= 15 is 0 Å². The summed E-state index contributed by atoms with van der Waals surface area (Å²) >= 11 is 6.06. The van der Waals surface area contributed by atoms with Gasteiger partial charge >= 0.3 is 10.2 Å². The first-order valence-electron chi connectivity index (χ1n) is 8.14. The zero-order valence-electron chi connectivity index (χ0n) is 14.6. The van der Waals surface area contributed by atoms with Crippen LogP contribution >= 0.6 is 11.6 Å². The van der Waals surface area contributed by atoms with E-state index in [1.807, 2.05) is 4.72 Å². The Morgan fingerprint density at radius 1 is 1.43 bits per heavy atom. The van der Waals surface area contributed by atoms with E-state index in [4.69, 9.17) is 11.6 Å². The summed E-state index contributed by atoms with van der Waals surface area (Å²) in [5, 5.41) is 10.8. The number of carbonyl (C=O) groups excluding carboxylic acids is 1. The molecule has 3 rings (SSSR count). The molecule has 0 bridgehead atoms. The largest absolute Gasteiger partial charge is 0.506 e. The quantitative estimate of drug-likeness (QED) is 0.480. The van der Waals surface area contributed by atoms with Crippen LogP contribution < -0.4 is 13.7 Å². The highest BCUT2D eigenvalue weighted by molar-refractivity contribution is 7.92. The van der Waals surface area contributed by atoms with Crippen molar-refractivity contribution in [3.8, 4) is 5.75 Å². The van der Waals surface area contributed by atoms with E-state index in [1.54, 1.807) is 31.2 Å². The van der Waals surface area contributed by atoms with E-state index in [0.717, 1.165) is 4.31 Å². The first-order valence-corrected chi connectivity index (χ1v) is 11.1. The van der Waals surface area contributed by atoms with Crippen molar-refractivity contribution in [3.63, 3.8) is 0 Å². The average Bonchev–Trinajstić information content (AvgIpc) is 2.83. The van der Waals surface area contributed by atoms with E-state index in [1.165, 1.54) is 12.1 Å². The van der Waals surface area contributed by atoms with Gasteiger partial charge < -0.3 is 5.11 Å². The topological polar surface area (TPSA) is 133 Å². The zero-order valence-corrected chi connectivity index (χ0v) is 17.1.